The zero-order valence-electron chi connectivity index (χ0n) is 12.3. The number of aryl methyl sites for hydroxylation is 1. The van der Waals surface area contributed by atoms with Crippen LogP contribution in [0.2, 0.25) is 0 Å². The number of ether oxygens (including phenoxy) is 1. The fourth-order valence-corrected chi connectivity index (χ4v) is 2.04. The second-order valence-corrected chi connectivity index (χ2v) is 5.70. The molecule has 0 aliphatic rings. The van der Waals surface area contributed by atoms with Crippen molar-refractivity contribution in [1.82, 2.24) is 0 Å². The van der Waals surface area contributed by atoms with Gasteiger partial charge in [-0.3, -0.25) is 4.79 Å². The molecule has 0 fully saturated rings. The first-order valence-corrected chi connectivity index (χ1v) is 6.40. The van der Waals surface area contributed by atoms with Crippen molar-refractivity contribution in [2.45, 2.75) is 46.0 Å². The van der Waals surface area contributed by atoms with E-state index in [2.05, 4.69) is 20.8 Å². The summed E-state index contributed by atoms with van der Waals surface area (Å²) in [6.45, 7) is 8.16. The molecule has 0 aliphatic heterocycles. The lowest BCUT2D eigenvalue weighted by molar-refractivity contribution is 0.0983. The summed E-state index contributed by atoms with van der Waals surface area (Å²) in [5.74, 6) is 0.828. The van der Waals surface area contributed by atoms with E-state index in [-0.39, 0.29) is 24.0 Å². The summed E-state index contributed by atoms with van der Waals surface area (Å²) in [6, 6.07) is 5.82. The van der Waals surface area contributed by atoms with Gasteiger partial charge in [0.15, 0.2) is 5.78 Å². The molecule has 0 amide bonds. The van der Waals surface area contributed by atoms with Crippen molar-refractivity contribution in [1.29, 1.82) is 5.26 Å². The van der Waals surface area contributed by atoms with Crippen molar-refractivity contribution in [2.75, 3.05) is 7.11 Å². The lowest BCUT2D eigenvalue weighted by atomic mass is 9.83. The SMILES string of the molecule is COc1cc(C)c(C(=O)CCC#N)cc1C(C)(C)C. The molecule has 0 bridgehead atoms. The number of rotatable bonds is 4. The van der Waals surface area contributed by atoms with E-state index < -0.39 is 0 Å². The second-order valence-electron chi connectivity index (χ2n) is 5.70. The number of nitriles is 1. The number of Topliss-reactive ketones (excluding diaryl/α,β-unsaturated/α-hetero) is 1. The van der Waals surface area contributed by atoms with Gasteiger partial charge in [0, 0.05) is 24.0 Å². The number of carbonyl (C=O) groups is 1. The zero-order valence-corrected chi connectivity index (χ0v) is 12.3. The quantitative estimate of drug-likeness (QED) is 0.773. The van der Waals surface area contributed by atoms with E-state index >= 15 is 0 Å². The van der Waals surface area contributed by atoms with Crippen LogP contribution in [-0.4, -0.2) is 12.9 Å². The van der Waals surface area contributed by atoms with Gasteiger partial charge in [0.2, 0.25) is 0 Å². The van der Waals surface area contributed by atoms with Crippen LogP contribution < -0.4 is 4.74 Å². The van der Waals surface area contributed by atoms with E-state index in [1.54, 1.807) is 7.11 Å². The lowest BCUT2D eigenvalue weighted by Crippen LogP contribution is -2.15. The molecule has 0 spiro atoms. The Balaban J connectivity index is 3.28. The summed E-state index contributed by atoms with van der Waals surface area (Å²) >= 11 is 0. The number of benzene rings is 1. The predicted octanol–water partition coefficient (Wildman–Crippen LogP) is 3.79. The highest BCUT2D eigenvalue weighted by atomic mass is 16.5. The van der Waals surface area contributed by atoms with Crippen molar-refractivity contribution in [3.05, 3.63) is 28.8 Å². The van der Waals surface area contributed by atoms with Gasteiger partial charge in [0.1, 0.15) is 5.75 Å². The first kappa shape index (κ1) is 15.2. The maximum Gasteiger partial charge on any atom is 0.164 e. The van der Waals surface area contributed by atoms with Gasteiger partial charge >= 0.3 is 0 Å². The monoisotopic (exact) mass is 259 g/mol. The van der Waals surface area contributed by atoms with Crippen LogP contribution in [0.5, 0.6) is 5.75 Å². The Morgan fingerprint density at radius 2 is 2.00 bits per heavy atom. The Labute approximate surface area is 115 Å². The first-order chi connectivity index (χ1) is 8.81. The van der Waals surface area contributed by atoms with Gasteiger partial charge in [-0.25, -0.2) is 0 Å². The van der Waals surface area contributed by atoms with Gasteiger partial charge in [0.05, 0.1) is 13.2 Å². The third-order valence-electron chi connectivity index (χ3n) is 3.12. The van der Waals surface area contributed by atoms with Crippen molar-refractivity contribution in [2.24, 2.45) is 0 Å². The molecule has 0 saturated carbocycles. The molecule has 0 unspecified atom stereocenters. The minimum absolute atomic E-state index is 0.0206. The lowest BCUT2D eigenvalue weighted by Gasteiger charge is -2.23. The highest BCUT2D eigenvalue weighted by molar-refractivity contribution is 5.98. The van der Waals surface area contributed by atoms with E-state index in [0.717, 1.165) is 16.9 Å². The molecule has 3 nitrogen and oxygen atoms in total. The first-order valence-electron chi connectivity index (χ1n) is 6.40. The summed E-state index contributed by atoms with van der Waals surface area (Å²) < 4.78 is 5.40. The normalized spacial score (nSPS) is 10.9. The number of ketones is 1. The van der Waals surface area contributed by atoms with Gasteiger partial charge < -0.3 is 4.74 Å². The van der Waals surface area contributed by atoms with Gasteiger partial charge in [-0.15, -0.1) is 0 Å². The van der Waals surface area contributed by atoms with Crippen LogP contribution in [0.4, 0.5) is 0 Å². The number of carbonyl (C=O) groups excluding carboxylic acids is 1. The van der Waals surface area contributed by atoms with Gasteiger partial charge in [-0.2, -0.15) is 5.26 Å². The largest absolute Gasteiger partial charge is 0.496 e. The standard InChI is InChI=1S/C16H21NO2/c1-11-9-15(19-5)13(16(2,3)4)10-12(11)14(18)7-6-8-17/h9-10H,6-7H2,1-5H3. The highest BCUT2D eigenvalue weighted by Gasteiger charge is 2.22. The minimum Gasteiger partial charge on any atom is -0.496 e. The van der Waals surface area contributed by atoms with Crippen LogP contribution in [0.3, 0.4) is 0 Å². The predicted molar refractivity (Wildman–Crippen MR) is 75.6 cm³/mol. The summed E-state index contributed by atoms with van der Waals surface area (Å²) in [7, 11) is 1.64. The van der Waals surface area contributed by atoms with E-state index in [9.17, 15) is 4.79 Å². The number of hydrogen-bond donors (Lipinski definition) is 0. The minimum atomic E-state index is -0.0939. The summed E-state index contributed by atoms with van der Waals surface area (Å²) in [5, 5.41) is 8.58. The molecule has 19 heavy (non-hydrogen) atoms. The molecular formula is C16H21NO2. The number of hydrogen-bond acceptors (Lipinski definition) is 3. The molecule has 1 rings (SSSR count). The van der Waals surface area contributed by atoms with Crippen molar-refractivity contribution < 1.29 is 9.53 Å². The maximum atomic E-state index is 12.1. The van der Waals surface area contributed by atoms with Crippen LogP contribution >= 0.6 is 0 Å². The smallest absolute Gasteiger partial charge is 0.164 e. The molecule has 0 radical (unpaired) electrons. The Bertz CT molecular complexity index is 519. The molecule has 3 heteroatoms. The molecule has 0 atom stereocenters. The average molecular weight is 259 g/mol. The van der Waals surface area contributed by atoms with Crippen LogP contribution in [0, 0.1) is 18.3 Å². The fourth-order valence-electron chi connectivity index (χ4n) is 2.04. The topological polar surface area (TPSA) is 50.1 Å². The highest BCUT2D eigenvalue weighted by Crippen LogP contribution is 2.34. The molecule has 0 aliphatic carbocycles. The third kappa shape index (κ3) is 3.57. The average Bonchev–Trinajstić information content (AvgIpc) is 2.33. The number of methoxy groups -OCH3 is 1. The molecular weight excluding hydrogens is 238 g/mol. The van der Waals surface area contributed by atoms with Crippen LogP contribution in [0.25, 0.3) is 0 Å². The zero-order chi connectivity index (χ0) is 14.6. The Hall–Kier alpha value is -1.82. The molecule has 0 heterocycles. The molecule has 1 aromatic rings. The molecule has 0 saturated heterocycles. The van der Waals surface area contributed by atoms with E-state index in [1.807, 2.05) is 25.1 Å². The molecule has 0 N–H and O–H groups in total. The number of nitrogens with zero attached hydrogens (tertiary/aromatic N) is 1. The van der Waals surface area contributed by atoms with Crippen LogP contribution in [0.1, 0.15) is 55.1 Å². The third-order valence-corrected chi connectivity index (χ3v) is 3.12. The van der Waals surface area contributed by atoms with Gasteiger partial charge in [0.25, 0.3) is 0 Å². The van der Waals surface area contributed by atoms with Gasteiger partial charge in [-0.1, -0.05) is 20.8 Å². The van der Waals surface area contributed by atoms with Gasteiger partial charge in [-0.05, 0) is 30.0 Å². The van der Waals surface area contributed by atoms with E-state index in [4.69, 9.17) is 10.00 Å². The second kappa shape index (κ2) is 5.88. The van der Waals surface area contributed by atoms with E-state index in [0.29, 0.717) is 5.56 Å². The summed E-state index contributed by atoms with van der Waals surface area (Å²) in [6.07, 6.45) is 0.530. The molecule has 0 aromatic heterocycles. The maximum absolute atomic E-state index is 12.1. The van der Waals surface area contributed by atoms with Crippen molar-refractivity contribution in [3.63, 3.8) is 0 Å². The summed E-state index contributed by atoms with van der Waals surface area (Å²) in [4.78, 5) is 12.1. The fraction of sp³-hybridized carbons (Fsp3) is 0.500. The van der Waals surface area contributed by atoms with Crippen LogP contribution in [0.15, 0.2) is 12.1 Å². The Morgan fingerprint density at radius 3 is 2.47 bits per heavy atom. The van der Waals surface area contributed by atoms with Crippen LogP contribution in [-0.2, 0) is 5.41 Å². The molecule has 102 valence electrons. The van der Waals surface area contributed by atoms with Crippen molar-refractivity contribution >= 4 is 5.78 Å². The molecule has 1 aromatic carbocycles. The Morgan fingerprint density at radius 1 is 1.37 bits per heavy atom. The Kier molecular flexibility index (Phi) is 4.72. The van der Waals surface area contributed by atoms with Crippen molar-refractivity contribution in [3.8, 4) is 11.8 Å². The summed E-state index contributed by atoms with van der Waals surface area (Å²) in [5.41, 5.74) is 2.51. The van der Waals surface area contributed by atoms with E-state index in [1.165, 1.54) is 0 Å².